The molecular weight excluding hydrogens is 293 g/mol. The van der Waals surface area contributed by atoms with E-state index in [4.69, 9.17) is 23.2 Å². The van der Waals surface area contributed by atoms with Gasteiger partial charge < -0.3 is 4.90 Å². The van der Waals surface area contributed by atoms with Crippen molar-refractivity contribution >= 4 is 29.1 Å². The lowest BCUT2D eigenvalue weighted by atomic mass is 9.85. The maximum Gasteiger partial charge on any atom is 0.260 e. The summed E-state index contributed by atoms with van der Waals surface area (Å²) in [6.45, 7) is 2.74. The van der Waals surface area contributed by atoms with E-state index in [2.05, 4.69) is 6.08 Å². The Labute approximate surface area is 129 Å². The molecule has 1 fully saturated rings. The lowest BCUT2D eigenvalue weighted by Crippen LogP contribution is -2.55. The van der Waals surface area contributed by atoms with Gasteiger partial charge in [-0.2, -0.15) is 0 Å². The first-order valence-electron chi connectivity index (χ1n) is 6.92. The normalized spacial score (nSPS) is 29.4. The molecule has 1 amide bonds. The van der Waals surface area contributed by atoms with Crippen LogP contribution in [-0.4, -0.2) is 21.7 Å². The first kappa shape index (κ1) is 14.0. The minimum absolute atomic E-state index is 0.0119. The Morgan fingerprint density at radius 1 is 1.30 bits per heavy atom. The van der Waals surface area contributed by atoms with E-state index in [1.807, 2.05) is 48.2 Å². The lowest BCUT2D eigenvalue weighted by molar-refractivity contribution is -0.139. The SMILES string of the molecule is C[C@@H](c1ccccc1)N1C[C@H]2CC=C[C@H]2C(Cl)(Cl)C1=O. The maximum atomic E-state index is 12.6. The summed E-state index contributed by atoms with van der Waals surface area (Å²) in [6, 6.07) is 9.98. The number of piperidine rings is 1. The van der Waals surface area contributed by atoms with Gasteiger partial charge in [-0.3, -0.25) is 4.79 Å². The van der Waals surface area contributed by atoms with Crippen molar-refractivity contribution in [3.8, 4) is 0 Å². The quantitative estimate of drug-likeness (QED) is 0.598. The molecule has 106 valence electrons. The van der Waals surface area contributed by atoms with Crippen LogP contribution in [0.1, 0.15) is 24.9 Å². The van der Waals surface area contributed by atoms with Gasteiger partial charge in [0.25, 0.3) is 5.91 Å². The van der Waals surface area contributed by atoms with Crippen LogP contribution in [0.3, 0.4) is 0 Å². The molecule has 0 aromatic heterocycles. The highest BCUT2D eigenvalue weighted by atomic mass is 35.5. The largest absolute Gasteiger partial charge is 0.333 e. The van der Waals surface area contributed by atoms with E-state index in [1.165, 1.54) is 0 Å². The molecular formula is C16H17Cl2NO. The van der Waals surface area contributed by atoms with Crippen molar-refractivity contribution in [2.24, 2.45) is 11.8 Å². The summed E-state index contributed by atoms with van der Waals surface area (Å²) in [6.07, 6.45) is 5.02. The van der Waals surface area contributed by atoms with E-state index in [0.717, 1.165) is 12.0 Å². The second kappa shape index (κ2) is 5.09. The van der Waals surface area contributed by atoms with Crippen LogP contribution >= 0.6 is 23.2 Å². The van der Waals surface area contributed by atoms with Gasteiger partial charge in [0.1, 0.15) is 0 Å². The van der Waals surface area contributed by atoms with Gasteiger partial charge in [0.05, 0.1) is 6.04 Å². The molecule has 3 atom stereocenters. The number of amides is 1. The number of nitrogens with zero attached hydrogens (tertiary/aromatic N) is 1. The number of carbonyl (C=O) groups is 1. The number of likely N-dealkylation sites (tertiary alicyclic amines) is 1. The van der Waals surface area contributed by atoms with Crippen LogP contribution in [0.25, 0.3) is 0 Å². The summed E-state index contributed by atoms with van der Waals surface area (Å²) in [7, 11) is 0. The van der Waals surface area contributed by atoms with Crippen LogP contribution in [0.15, 0.2) is 42.5 Å². The van der Waals surface area contributed by atoms with Crippen LogP contribution < -0.4 is 0 Å². The van der Waals surface area contributed by atoms with E-state index in [0.29, 0.717) is 12.5 Å². The number of alkyl halides is 2. The molecule has 1 aromatic carbocycles. The molecule has 0 spiro atoms. The van der Waals surface area contributed by atoms with Gasteiger partial charge in [0, 0.05) is 12.5 Å². The molecule has 1 aliphatic heterocycles. The zero-order chi connectivity index (χ0) is 14.3. The van der Waals surface area contributed by atoms with Crippen LogP contribution in [0.4, 0.5) is 0 Å². The predicted molar refractivity (Wildman–Crippen MR) is 81.7 cm³/mol. The fourth-order valence-electron chi connectivity index (χ4n) is 3.22. The average Bonchev–Trinajstić information content (AvgIpc) is 2.93. The summed E-state index contributed by atoms with van der Waals surface area (Å²) in [4.78, 5) is 14.5. The third kappa shape index (κ3) is 2.15. The molecule has 0 N–H and O–H groups in total. The zero-order valence-corrected chi connectivity index (χ0v) is 12.8. The molecule has 1 saturated heterocycles. The van der Waals surface area contributed by atoms with Gasteiger partial charge in [-0.05, 0) is 24.8 Å². The Kier molecular flexibility index (Phi) is 3.55. The van der Waals surface area contributed by atoms with Crippen molar-refractivity contribution in [1.29, 1.82) is 0 Å². The summed E-state index contributed by atoms with van der Waals surface area (Å²) in [5.74, 6) is 0.0939. The van der Waals surface area contributed by atoms with Gasteiger partial charge in [0.2, 0.25) is 4.33 Å². The smallest absolute Gasteiger partial charge is 0.260 e. The van der Waals surface area contributed by atoms with E-state index in [-0.39, 0.29) is 17.9 Å². The Morgan fingerprint density at radius 2 is 2.00 bits per heavy atom. The van der Waals surface area contributed by atoms with Crippen molar-refractivity contribution in [3.63, 3.8) is 0 Å². The number of hydrogen-bond acceptors (Lipinski definition) is 1. The summed E-state index contributed by atoms with van der Waals surface area (Å²) >= 11 is 12.7. The van der Waals surface area contributed by atoms with E-state index < -0.39 is 4.33 Å². The maximum absolute atomic E-state index is 12.6. The molecule has 0 bridgehead atoms. The van der Waals surface area contributed by atoms with E-state index in [9.17, 15) is 4.79 Å². The molecule has 2 aliphatic rings. The zero-order valence-electron chi connectivity index (χ0n) is 11.3. The molecule has 0 unspecified atom stereocenters. The molecule has 2 nitrogen and oxygen atoms in total. The van der Waals surface area contributed by atoms with Crippen molar-refractivity contribution in [3.05, 3.63) is 48.0 Å². The third-order valence-corrected chi connectivity index (χ3v) is 5.26. The number of benzene rings is 1. The Hall–Kier alpha value is -0.990. The number of carbonyl (C=O) groups excluding carboxylic acids is 1. The molecule has 3 rings (SSSR count). The van der Waals surface area contributed by atoms with E-state index >= 15 is 0 Å². The summed E-state index contributed by atoms with van der Waals surface area (Å²) < 4.78 is -1.33. The first-order chi connectivity index (χ1) is 9.51. The Bertz CT molecular complexity index is 541. The molecule has 1 aromatic rings. The third-order valence-electron chi connectivity index (χ3n) is 4.44. The second-order valence-electron chi connectivity index (χ2n) is 5.62. The first-order valence-corrected chi connectivity index (χ1v) is 7.68. The fraction of sp³-hybridized carbons (Fsp3) is 0.438. The Morgan fingerprint density at radius 3 is 2.70 bits per heavy atom. The summed E-state index contributed by atoms with van der Waals surface area (Å²) in [5.41, 5.74) is 1.11. The second-order valence-corrected chi connectivity index (χ2v) is 7.00. The lowest BCUT2D eigenvalue weighted by Gasteiger charge is -2.44. The van der Waals surface area contributed by atoms with E-state index in [1.54, 1.807) is 0 Å². The van der Waals surface area contributed by atoms with Crippen LogP contribution in [0.5, 0.6) is 0 Å². The monoisotopic (exact) mass is 309 g/mol. The standard InChI is InChI=1S/C16H17Cl2NO/c1-11(12-6-3-2-4-7-12)19-10-13-8-5-9-14(13)16(17,18)15(19)20/h2-7,9,11,13-14H,8,10H2,1H3/t11-,13+,14+/m0/s1. The predicted octanol–water partition coefficient (Wildman–Crippen LogP) is 3.96. The molecule has 0 radical (unpaired) electrons. The van der Waals surface area contributed by atoms with Gasteiger partial charge in [-0.15, -0.1) is 0 Å². The summed E-state index contributed by atoms with van der Waals surface area (Å²) in [5, 5.41) is 0. The van der Waals surface area contributed by atoms with Crippen molar-refractivity contribution < 1.29 is 4.79 Å². The van der Waals surface area contributed by atoms with Gasteiger partial charge in [0.15, 0.2) is 0 Å². The Balaban J connectivity index is 1.89. The highest BCUT2D eigenvalue weighted by Crippen LogP contribution is 2.47. The van der Waals surface area contributed by atoms with Gasteiger partial charge in [-0.1, -0.05) is 65.7 Å². The van der Waals surface area contributed by atoms with Crippen molar-refractivity contribution in [2.75, 3.05) is 6.54 Å². The van der Waals surface area contributed by atoms with Crippen LogP contribution in [-0.2, 0) is 4.79 Å². The molecule has 1 aliphatic carbocycles. The highest BCUT2D eigenvalue weighted by molar-refractivity contribution is 6.58. The molecule has 0 saturated carbocycles. The highest BCUT2D eigenvalue weighted by Gasteiger charge is 2.53. The van der Waals surface area contributed by atoms with Crippen molar-refractivity contribution in [1.82, 2.24) is 4.90 Å². The van der Waals surface area contributed by atoms with Crippen LogP contribution in [0.2, 0.25) is 0 Å². The number of halogens is 2. The molecule has 4 heteroatoms. The van der Waals surface area contributed by atoms with Gasteiger partial charge in [-0.25, -0.2) is 0 Å². The number of hydrogen-bond donors (Lipinski definition) is 0. The number of fused-ring (bicyclic) bond motifs is 1. The fourth-order valence-corrected chi connectivity index (χ4v) is 3.94. The number of allylic oxidation sites excluding steroid dienone is 2. The molecule has 1 heterocycles. The van der Waals surface area contributed by atoms with Gasteiger partial charge >= 0.3 is 0 Å². The topological polar surface area (TPSA) is 20.3 Å². The minimum atomic E-state index is -1.33. The number of rotatable bonds is 2. The average molecular weight is 310 g/mol. The van der Waals surface area contributed by atoms with Crippen molar-refractivity contribution in [2.45, 2.75) is 23.7 Å². The van der Waals surface area contributed by atoms with Crippen LogP contribution in [0, 0.1) is 11.8 Å². The molecule has 20 heavy (non-hydrogen) atoms. The minimum Gasteiger partial charge on any atom is -0.333 e.